The molecule has 4 heteroatoms. The van der Waals surface area contributed by atoms with Crippen LogP contribution >= 0.6 is 15.9 Å². The van der Waals surface area contributed by atoms with Gasteiger partial charge in [-0.3, -0.25) is 4.79 Å². The molecule has 0 aliphatic carbocycles. The summed E-state index contributed by atoms with van der Waals surface area (Å²) in [6.07, 6.45) is 0. The Bertz CT molecular complexity index is 937. The Morgan fingerprint density at radius 3 is 2.48 bits per heavy atom. The monoisotopic (exact) mass is 338 g/mol. The van der Waals surface area contributed by atoms with Crippen molar-refractivity contribution in [3.8, 4) is 17.2 Å². The van der Waals surface area contributed by atoms with E-state index in [9.17, 15) is 10.1 Å². The molecule has 0 amide bonds. The molecule has 0 saturated carbocycles. The Balaban J connectivity index is 2.58. The predicted molar refractivity (Wildman–Crippen MR) is 87.0 cm³/mol. The first-order valence-corrected chi connectivity index (χ1v) is 7.20. The molecule has 0 aliphatic rings. The quantitative estimate of drug-likeness (QED) is 0.676. The van der Waals surface area contributed by atoms with Crippen molar-refractivity contribution < 1.29 is 0 Å². The molecule has 102 valence electrons. The molecule has 0 saturated heterocycles. The third kappa shape index (κ3) is 2.16. The average Bonchev–Trinajstić information content (AvgIpc) is 2.51. The number of halogens is 1. The summed E-state index contributed by atoms with van der Waals surface area (Å²) < 4.78 is 2.29. The molecule has 0 bridgehead atoms. The zero-order chi connectivity index (χ0) is 15.0. The Kier molecular flexibility index (Phi) is 3.36. The zero-order valence-electron chi connectivity index (χ0n) is 11.3. The maximum Gasteiger partial charge on any atom is 0.259 e. The normalized spacial score (nSPS) is 10.5. The smallest absolute Gasteiger partial charge is 0.259 e. The van der Waals surface area contributed by atoms with E-state index < -0.39 is 0 Å². The van der Waals surface area contributed by atoms with E-state index in [4.69, 9.17) is 0 Å². The third-order valence-electron chi connectivity index (χ3n) is 3.53. The summed E-state index contributed by atoms with van der Waals surface area (Å²) in [5.41, 5.74) is 1.93. The molecule has 0 radical (unpaired) electrons. The lowest BCUT2D eigenvalue weighted by atomic mass is 9.97. The van der Waals surface area contributed by atoms with Crippen molar-refractivity contribution in [1.82, 2.24) is 4.57 Å². The molecule has 3 aromatic rings. The standard InChI is InChI=1S/C17H11BrN2O/c1-20-15(10-19)16(11-5-3-2-4-6-11)14-9-12(18)7-8-13(14)17(20)21/h2-9H,1H3. The van der Waals surface area contributed by atoms with E-state index in [1.165, 1.54) is 4.57 Å². The number of benzene rings is 2. The second-order valence-corrected chi connectivity index (χ2v) is 5.67. The minimum Gasteiger partial charge on any atom is -0.302 e. The van der Waals surface area contributed by atoms with Crippen molar-refractivity contribution in [3.05, 3.63) is 69.1 Å². The van der Waals surface area contributed by atoms with E-state index in [0.717, 1.165) is 21.0 Å². The molecule has 0 unspecified atom stereocenters. The number of fused-ring (bicyclic) bond motifs is 1. The SMILES string of the molecule is Cn1c(C#N)c(-c2ccccc2)c2cc(Br)ccc2c1=O. The fraction of sp³-hybridized carbons (Fsp3) is 0.0588. The van der Waals surface area contributed by atoms with E-state index in [0.29, 0.717) is 11.1 Å². The van der Waals surface area contributed by atoms with Gasteiger partial charge in [0.15, 0.2) is 0 Å². The van der Waals surface area contributed by atoms with Crippen LogP contribution in [-0.2, 0) is 7.05 Å². The molecule has 3 nitrogen and oxygen atoms in total. The minimum atomic E-state index is -0.159. The zero-order valence-corrected chi connectivity index (χ0v) is 12.9. The second kappa shape index (κ2) is 5.19. The maximum atomic E-state index is 12.4. The van der Waals surface area contributed by atoms with Crippen LogP contribution < -0.4 is 5.56 Å². The lowest BCUT2D eigenvalue weighted by molar-refractivity contribution is 0.856. The van der Waals surface area contributed by atoms with Gasteiger partial charge >= 0.3 is 0 Å². The number of rotatable bonds is 1. The maximum absolute atomic E-state index is 12.4. The highest BCUT2D eigenvalue weighted by Crippen LogP contribution is 2.31. The van der Waals surface area contributed by atoms with Gasteiger partial charge in [0.05, 0.1) is 0 Å². The van der Waals surface area contributed by atoms with E-state index in [1.54, 1.807) is 13.1 Å². The Labute approximate surface area is 130 Å². The Hall–Kier alpha value is -2.38. The van der Waals surface area contributed by atoms with Crippen LogP contribution in [0.5, 0.6) is 0 Å². The van der Waals surface area contributed by atoms with Crippen LogP contribution in [0.1, 0.15) is 5.69 Å². The Morgan fingerprint density at radius 2 is 1.81 bits per heavy atom. The molecular formula is C17H11BrN2O. The van der Waals surface area contributed by atoms with E-state index in [-0.39, 0.29) is 5.56 Å². The van der Waals surface area contributed by atoms with Crippen LogP contribution in [0.4, 0.5) is 0 Å². The highest BCUT2D eigenvalue weighted by atomic mass is 79.9. The molecule has 2 aromatic carbocycles. The van der Waals surface area contributed by atoms with Crippen molar-refractivity contribution >= 4 is 26.7 Å². The van der Waals surface area contributed by atoms with Gasteiger partial charge in [0.2, 0.25) is 0 Å². The Morgan fingerprint density at radius 1 is 1.10 bits per heavy atom. The summed E-state index contributed by atoms with van der Waals surface area (Å²) in [4.78, 5) is 12.4. The van der Waals surface area contributed by atoms with Gasteiger partial charge in [-0.15, -0.1) is 0 Å². The predicted octanol–water partition coefficient (Wildman–Crippen LogP) is 3.84. The van der Waals surface area contributed by atoms with Crippen LogP contribution in [0.2, 0.25) is 0 Å². The van der Waals surface area contributed by atoms with E-state index in [1.807, 2.05) is 42.5 Å². The number of hydrogen-bond acceptors (Lipinski definition) is 2. The molecule has 1 heterocycles. The summed E-state index contributed by atoms with van der Waals surface area (Å²) in [5, 5.41) is 10.9. The lowest BCUT2D eigenvalue weighted by Gasteiger charge is -2.13. The van der Waals surface area contributed by atoms with E-state index >= 15 is 0 Å². The molecule has 0 N–H and O–H groups in total. The van der Waals surface area contributed by atoms with Gasteiger partial charge in [-0.1, -0.05) is 46.3 Å². The molecule has 21 heavy (non-hydrogen) atoms. The minimum absolute atomic E-state index is 0.159. The molecule has 1 aromatic heterocycles. The largest absolute Gasteiger partial charge is 0.302 e. The number of pyridine rings is 1. The lowest BCUT2D eigenvalue weighted by Crippen LogP contribution is -2.20. The van der Waals surface area contributed by atoms with Crippen LogP contribution in [0.25, 0.3) is 21.9 Å². The van der Waals surface area contributed by atoms with Gasteiger partial charge in [-0.25, -0.2) is 0 Å². The topological polar surface area (TPSA) is 45.8 Å². The number of nitriles is 1. The fourth-order valence-corrected chi connectivity index (χ4v) is 2.88. The molecule has 0 spiro atoms. The van der Waals surface area contributed by atoms with Crippen molar-refractivity contribution in [1.29, 1.82) is 5.26 Å². The van der Waals surface area contributed by atoms with Crippen LogP contribution in [0, 0.1) is 11.3 Å². The van der Waals surface area contributed by atoms with Gasteiger partial charge < -0.3 is 4.57 Å². The first-order valence-electron chi connectivity index (χ1n) is 6.41. The van der Waals surface area contributed by atoms with Crippen LogP contribution in [-0.4, -0.2) is 4.57 Å². The number of aromatic nitrogens is 1. The highest BCUT2D eigenvalue weighted by molar-refractivity contribution is 9.10. The molecule has 0 aliphatic heterocycles. The third-order valence-corrected chi connectivity index (χ3v) is 4.02. The summed E-state index contributed by atoms with van der Waals surface area (Å²) in [6.45, 7) is 0. The molecule has 3 rings (SSSR count). The summed E-state index contributed by atoms with van der Waals surface area (Å²) in [7, 11) is 1.63. The van der Waals surface area contributed by atoms with Gasteiger partial charge in [0.25, 0.3) is 5.56 Å². The van der Waals surface area contributed by atoms with Crippen molar-refractivity contribution in [2.45, 2.75) is 0 Å². The number of nitrogens with zero attached hydrogens (tertiary/aromatic N) is 2. The van der Waals surface area contributed by atoms with Crippen LogP contribution in [0.3, 0.4) is 0 Å². The van der Waals surface area contributed by atoms with Gasteiger partial charge in [-0.2, -0.15) is 5.26 Å². The second-order valence-electron chi connectivity index (χ2n) is 4.76. The average molecular weight is 339 g/mol. The van der Waals surface area contributed by atoms with Gasteiger partial charge in [0.1, 0.15) is 11.8 Å². The highest BCUT2D eigenvalue weighted by Gasteiger charge is 2.16. The van der Waals surface area contributed by atoms with E-state index in [2.05, 4.69) is 22.0 Å². The molecule has 0 atom stereocenters. The summed E-state index contributed by atoms with van der Waals surface area (Å²) in [5.74, 6) is 0. The van der Waals surface area contributed by atoms with Crippen molar-refractivity contribution in [3.63, 3.8) is 0 Å². The first-order chi connectivity index (χ1) is 10.1. The fourth-order valence-electron chi connectivity index (χ4n) is 2.52. The summed E-state index contributed by atoms with van der Waals surface area (Å²) in [6, 6.07) is 17.3. The molecule has 0 fully saturated rings. The van der Waals surface area contributed by atoms with Crippen molar-refractivity contribution in [2.75, 3.05) is 0 Å². The van der Waals surface area contributed by atoms with Gasteiger partial charge in [0, 0.05) is 22.5 Å². The summed E-state index contributed by atoms with van der Waals surface area (Å²) >= 11 is 3.44. The van der Waals surface area contributed by atoms with Crippen LogP contribution in [0.15, 0.2) is 57.8 Å². The molecular weight excluding hydrogens is 328 g/mol. The van der Waals surface area contributed by atoms with Crippen molar-refractivity contribution in [2.24, 2.45) is 7.05 Å². The van der Waals surface area contributed by atoms with Gasteiger partial charge in [-0.05, 0) is 29.1 Å². The first kappa shape index (κ1) is 13.6. The number of hydrogen-bond donors (Lipinski definition) is 0.